The zero-order valence-electron chi connectivity index (χ0n) is 17.0. The van der Waals surface area contributed by atoms with Crippen molar-refractivity contribution < 1.29 is 14.3 Å². The molecule has 1 N–H and O–H groups in total. The normalized spacial score (nSPS) is 10.4. The number of carbonyl (C=O) groups excluding carboxylic acids is 2. The summed E-state index contributed by atoms with van der Waals surface area (Å²) < 4.78 is 4.92. The lowest BCUT2D eigenvalue weighted by molar-refractivity contribution is -0.116. The third kappa shape index (κ3) is 6.49. The zero-order valence-corrected chi connectivity index (χ0v) is 17.8. The van der Waals surface area contributed by atoms with Gasteiger partial charge in [-0.3, -0.25) is 4.79 Å². The second kappa shape index (κ2) is 11.2. The zero-order chi connectivity index (χ0) is 21.2. The van der Waals surface area contributed by atoms with Crippen LogP contribution in [0.25, 0.3) is 0 Å². The molecule has 0 unspecified atom stereocenters. The molecule has 0 spiro atoms. The monoisotopic (exact) mass is 419 g/mol. The molecule has 3 aromatic rings. The molecule has 0 heterocycles. The molecule has 3 aromatic carbocycles. The number of hydrogen-bond acceptors (Lipinski definition) is 4. The largest absolute Gasteiger partial charge is 0.465 e. The van der Waals surface area contributed by atoms with Crippen LogP contribution in [-0.4, -0.2) is 24.7 Å². The van der Waals surface area contributed by atoms with Gasteiger partial charge in [-0.1, -0.05) is 60.7 Å². The van der Waals surface area contributed by atoms with E-state index in [1.807, 2.05) is 54.6 Å². The molecule has 0 aliphatic heterocycles. The van der Waals surface area contributed by atoms with Crippen molar-refractivity contribution in [2.75, 3.05) is 18.2 Å². The maximum absolute atomic E-state index is 12.4. The highest BCUT2D eigenvalue weighted by atomic mass is 32.2. The van der Waals surface area contributed by atoms with E-state index in [9.17, 15) is 9.59 Å². The summed E-state index contributed by atoms with van der Waals surface area (Å²) in [5, 5.41) is 2.86. The van der Waals surface area contributed by atoms with Crippen molar-refractivity contribution in [1.29, 1.82) is 0 Å². The summed E-state index contributed by atoms with van der Waals surface area (Å²) >= 11 is 1.67. The average Bonchev–Trinajstić information content (AvgIpc) is 2.79. The molecular formula is C25H25NO3S. The number of anilines is 1. The number of carbonyl (C=O) groups is 2. The van der Waals surface area contributed by atoms with Gasteiger partial charge in [-0.25, -0.2) is 4.79 Å². The first-order chi connectivity index (χ1) is 14.7. The van der Waals surface area contributed by atoms with E-state index < -0.39 is 5.97 Å². The Morgan fingerprint density at radius 3 is 2.13 bits per heavy atom. The highest BCUT2D eigenvalue weighted by Crippen LogP contribution is 2.26. The third-order valence-corrected chi connectivity index (χ3v) is 5.65. The van der Waals surface area contributed by atoms with Crippen LogP contribution in [-0.2, 0) is 22.4 Å². The quantitative estimate of drug-likeness (QED) is 0.374. The number of thioether (sulfide) groups is 1. The van der Waals surface area contributed by atoms with Crippen molar-refractivity contribution in [3.63, 3.8) is 0 Å². The summed E-state index contributed by atoms with van der Waals surface area (Å²) in [6.45, 7) is 0. The summed E-state index contributed by atoms with van der Waals surface area (Å²) in [5.74, 6) is 0.306. The van der Waals surface area contributed by atoms with Crippen LogP contribution >= 0.6 is 11.8 Å². The number of benzene rings is 3. The summed E-state index contributed by atoms with van der Waals surface area (Å²) in [5.41, 5.74) is 3.23. The van der Waals surface area contributed by atoms with Crippen molar-refractivity contribution in [2.24, 2.45) is 0 Å². The molecule has 5 heteroatoms. The molecule has 0 saturated carbocycles. The average molecular weight is 420 g/mol. The number of aryl methyl sites for hydroxylation is 2. The van der Waals surface area contributed by atoms with Gasteiger partial charge in [0, 0.05) is 17.1 Å². The maximum Gasteiger partial charge on any atom is 0.340 e. The van der Waals surface area contributed by atoms with Crippen molar-refractivity contribution in [1.82, 2.24) is 0 Å². The topological polar surface area (TPSA) is 55.4 Å². The fourth-order valence-electron chi connectivity index (χ4n) is 3.05. The Kier molecular flexibility index (Phi) is 8.10. The molecule has 0 radical (unpaired) electrons. The lowest BCUT2D eigenvalue weighted by Crippen LogP contribution is -2.16. The van der Waals surface area contributed by atoms with Gasteiger partial charge in [0.15, 0.2) is 0 Å². The standard InChI is InChI=1S/C25H25NO3S/c1-29-25(28)22-18-21(30-17-16-20-10-6-3-7-11-20)13-14-23(22)26-24(27)15-12-19-8-4-2-5-9-19/h2-11,13-14,18H,12,15-17H2,1H3,(H,26,27). The van der Waals surface area contributed by atoms with Crippen LogP contribution in [0.3, 0.4) is 0 Å². The number of esters is 1. The van der Waals surface area contributed by atoms with Gasteiger partial charge < -0.3 is 10.1 Å². The summed E-state index contributed by atoms with van der Waals surface area (Å²) in [6, 6.07) is 25.6. The third-order valence-electron chi connectivity index (χ3n) is 4.66. The van der Waals surface area contributed by atoms with E-state index in [0.717, 1.165) is 22.6 Å². The Bertz CT molecular complexity index is 974. The fourth-order valence-corrected chi connectivity index (χ4v) is 3.99. The predicted octanol–water partition coefficient (Wildman–Crippen LogP) is 5.38. The van der Waals surface area contributed by atoms with E-state index >= 15 is 0 Å². The second-order valence-electron chi connectivity index (χ2n) is 6.82. The molecule has 0 saturated heterocycles. The number of rotatable bonds is 9. The van der Waals surface area contributed by atoms with Gasteiger partial charge in [0.2, 0.25) is 5.91 Å². The SMILES string of the molecule is COC(=O)c1cc(SCCc2ccccc2)ccc1NC(=O)CCc1ccccc1. The minimum absolute atomic E-state index is 0.131. The highest BCUT2D eigenvalue weighted by Gasteiger charge is 2.15. The lowest BCUT2D eigenvalue weighted by Gasteiger charge is -2.12. The number of methoxy groups -OCH3 is 1. The van der Waals surface area contributed by atoms with Crippen molar-refractivity contribution in [2.45, 2.75) is 24.2 Å². The second-order valence-corrected chi connectivity index (χ2v) is 7.99. The Morgan fingerprint density at radius 2 is 1.50 bits per heavy atom. The molecule has 30 heavy (non-hydrogen) atoms. The molecule has 0 aromatic heterocycles. The number of amides is 1. The van der Waals surface area contributed by atoms with E-state index in [2.05, 4.69) is 17.4 Å². The molecule has 154 valence electrons. The van der Waals surface area contributed by atoms with Crippen LogP contribution in [0, 0.1) is 0 Å². The minimum Gasteiger partial charge on any atom is -0.465 e. The summed E-state index contributed by atoms with van der Waals surface area (Å²) in [6.07, 6.45) is 1.93. The Morgan fingerprint density at radius 1 is 0.867 bits per heavy atom. The number of hydrogen-bond donors (Lipinski definition) is 1. The Labute approximate surface area is 181 Å². The predicted molar refractivity (Wildman–Crippen MR) is 122 cm³/mol. The van der Waals surface area contributed by atoms with Crippen LogP contribution in [0.2, 0.25) is 0 Å². The molecule has 0 atom stereocenters. The van der Waals surface area contributed by atoms with Gasteiger partial charge in [-0.15, -0.1) is 11.8 Å². The lowest BCUT2D eigenvalue weighted by atomic mass is 10.1. The Hall–Kier alpha value is -3.05. The summed E-state index contributed by atoms with van der Waals surface area (Å²) in [4.78, 5) is 25.6. The van der Waals surface area contributed by atoms with Crippen LogP contribution in [0.1, 0.15) is 27.9 Å². The van der Waals surface area contributed by atoms with E-state index in [1.54, 1.807) is 23.9 Å². The van der Waals surface area contributed by atoms with E-state index in [4.69, 9.17) is 4.74 Å². The molecule has 0 aliphatic carbocycles. The van der Waals surface area contributed by atoms with Gasteiger partial charge in [0.1, 0.15) is 0 Å². The van der Waals surface area contributed by atoms with Crippen LogP contribution in [0.5, 0.6) is 0 Å². The van der Waals surface area contributed by atoms with Gasteiger partial charge in [0.25, 0.3) is 0 Å². The molecule has 1 amide bonds. The first-order valence-corrected chi connectivity index (χ1v) is 10.9. The Balaban J connectivity index is 1.62. The molecule has 0 aliphatic rings. The summed E-state index contributed by atoms with van der Waals surface area (Å²) in [7, 11) is 1.35. The van der Waals surface area contributed by atoms with Gasteiger partial charge in [0.05, 0.1) is 18.4 Å². The fraction of sp³-hybridized carbons (Fsp3) is 0.200. The molecule has 0 bridgehead atoms. The van der Waals surface area contributed by atoms with E-state index in [0.29, 0.717) is 24.1 Å². The van der Waals surface area contributed by atoms with Crippen LogP contribution < -0.4 is 5.32 Å². The first kappa shape index (κ1) is 21.7. The van der Waals surface area contributed by atoms with Crippen molar-refractivity contribution in [3.8, 4) is 0 Å². The highest BCUT2D eigenvalue weighted by molar-refractivity contribution is 7.99. The number of ether oxygens (including phenoxy) is 1. The van der Waals surface area contributed by atoms with Crippen LogP contribution in [0.15, 0.2) is 83.8 Å². The maximum atomic E-state index is 12.4. The molecular weight excluding hydrogens is 394 g/mol. The number of nitrogens with one attached hydrogen (secondary N) is 1. The first-order valence-electron chi connectivity index (χ1n) is 9.88. The smallest absolute Gasteiger partial charge is 0.340 e. The van der Waals surface area contributed by atoms with Crippen LogP contribution in [0.4, 0.5) is 5.69 Å². The van der Waals surface area contributed by atoms with E-state index in [-0.39, 0.29) is 5.91 Å². The van der Waals surface area contributed by atoms with E-state index in [1.165, 1.54) is 12.7 Å². The molecule has 3 rings (SSSR count). The molecule has 0 fully saturated rings. The van der Waals surface area contributed by atoms with Gasteiger partial charge in [-0.2, -0.15) is 0 Å². The van der Waals surface area contributed by atoms with Gasteiger partial charge >= 0.3 is 5.97 Å². The van der Waals surface area contributed by atoms with Gasteiger partial charge in [-0.05, 0) is 42.2 Å². The minimum atomic E-state index is -0.459. The van der Waals surface area contributed by atoms with Crippen molar-refractivity contribution in [3.05, 3.63) is 95.6 Å². The molecule has 4 nitrogen and oxygen atoms in total. The van der Waals surface area contributed by atoms with Crippen molar-refractivity contribution >= 4 is 29.3 Å².